The lowest BCUT2D eigenvalue weighted by Gasteiger charge is -2.47. The van der Waals surface area contributed by atoms with Crippen molar-refractivity contribution in [2.45, 2.75) is 45.4 Å². The van der Waals surface area contributed by atoms with Gasteiger partial charge in [0.2, 0.25) is 5.91 Å². The highest BCUT2D eigenvalue weighted by Gasteiger charge is 2.63. The molecule has 3 aliphatic rings. The minimum atomic E-state index is -1.64. The summed E-state index contributed by atoms with van der Waals surface area (Å²) in [6, 6.07) is 15.6. The van der Waals surface area contributed by atoms with Gasteiger partial charge in [0.25, 0.3) is 0 Å². The average Bonchev–Trinajstić information content (AvgIpc) is 3.03. The molecule has 0 saturated heterocycles. The van der Waals surface area contributed by atoms with Crippen molar-refractivity contribution in [3.63, 3.8) is 0 Å². The van der Waals surface area contributed by atoms with E-state index in [9.17, 15) is 14.9 Å². The van der Waals surface area contributed by atoms with Crippen LogP contribution in [0.4, 0.5) is 15.8 Å². The second kappa shape index (κ2) is 7.81. The third-order valence-corrected chi connectivity index (χ3v) is 7.19. The number of para-hydroxylation sites is 2. The maximum Gasteiger partial charge on any atom is 0.247 e. The van der Waals surface area contributed by atoms with Crippen molar-refractivity contribution in [2.75, 3.05) is 16.3 Å². The highest BCUT2D eigenvalue weighted by molar-refractivity contribution is 6.20. The lowest BCUT2D eigenvalue weighted by atomic mass is 9.60. The summed E-state index contributed by atoms with van der Waals surface area (Å²) in [5.41, 5.74) is 6.66. The fraction of sp³-hybridized carbons (Fsp3) is 0.321. The number of halogens is 1. The van der Waals surface area contributed by atoms with Gasteiger partial charge in [-0.25, -0.2) is 4.39 Å². The number of Topliss-reactive ketones (excluding diaryl/α,β-unsaturated/α-hetero) is 1. The van der Waals surface area contributed by atoms with Gasteiger partial charge in [0.1, 0.15) is 23.1 Å². The van der Waals surface area contributed by atoms with Gasteiger partial charge in [-0.1, -0.05) is 51.1 Å². The van der Waals surface area contributed by atoms with Crippen molar-refractivity contribution in [3.05, 3.63) is 82.6 Å². The molecule has 7 heteroatoms. The number of hydrogen-bond acceptors (Lipinski definition) is 5. The molecule has 0 saturated carbocycles. The van der Waals surface area contributed by atoms with E-state index in [1.807, 2.05) is 32.9 Å². The second-order valence-corrected chi connectivity index (χ2v) is 10.1. The smallest absolute Gasteiger partial charge is 0.247 e. The third kappa shape index (κ3) is 2.99. The number of hydrogen-bond donors (Lipinski definition) is 1. The van der Waals surface area contributed by atoms with Gasteiger partial charge in [0.15, 0.2) is 5.78 Å². The second-order valence-electron chi connectivity index (χ2n) is 10.1. The molecule has 0 bridgehead atoms. The summed E-state index contributed by atoms with van der Waals surface area (Å²) in [4.78, 5) is 31.4. The van der Waals surface area contributed by atoms with E-state index in [-0.39, 0.29) is 40.8 Å². The maximum absolute atomic E-state index is 15.1. The first kappa shape index (κ1) is 22.9. The molecule has 1 spiro atoms. The number of carbonyl (C=O) groups is 2. The normalized spacial score (nSPS) is 23.1. The molecular formula is C28H27FN4O2. The summed E-state index contributed by atoms with van der Waals surface area (Å²) in [5.74, 6) is -1.13. The molecule has 35 heavy (non-hydrogen) atoms. The Hall–Kier alpha value is -3.92. The Morgan fingerprint density at radius 3 is 2.37 bits per heavy atom. The Morgan fingerprint density at radius 1 is 1.06 bits per heavy atom. The molecule has 1 atom stereocenters. The first-order chi connectivity index (χ1) is 16.7. The van der Waals surface area contributed by atoms with Crippen LogP contribution in [0.3, 0.4) is 0 Å². The molecule has 1 amide bonds. The van der Waals surface area contributed by atoms with E-state index in [0.717, 1.165) is 0 Å². The average molecular weight is 471 g/mol. The minimum Gasteiger partial charge on any atom is -0.384 e. The Morgan fingerprint density at radius 2 is 1.71 bits per heavy atom. The molecule has 2 aromatic carbocycles. The van der Waals surface area contributed by atoms with Crippen LogP contribution in [0, 0.1) is 22.6 Å². The summed E-state index contributed by atoms with van der Waals surface area (Å²) in [5, 5.41) is 10.4. The number of anilines is 2. The number of nitrogens with zero attached hydrogens (tertiary/aromatic N) is 3. The van der Waals surface area contributed by atoms with Crippen molar-refractivity contribution < 1.29 is 14.0 Å². The maximum atomic E-state index is 15.1. The molecule has 178 valence electrons. The number of nitrogens with two attached hydrogens (primary N) is 1. The van der Waals surface area contributed by atoms with Crippen molar-refractivity contribution in [3.8, 4) is 6.07 Å². The van der Waals surface area contributed by atoms with Gasteiger partial charge in [0.05, 0.1) is 11.3 Å². The zero-order valence-electron chi connectivity index (χ0n) is 20.1. The van der Waals surface area contributed by atoms with Crippen molar-refractivity contribution in [1.29, 1.82) is 5.26 Å². The summed E-state index contributed by atoms with van der Waals surface area (Å²) in [6.45, 7) is 6.34. The lowest BCUT2D eigenvalue weighted by Crippen LogP contribution is -2.54. The number of allylic oxidation sites excluding steroid dienone is 1. The topological polar surface area (TPSA) is 90.4 Å². The number of nitriles is 1. The van der Waals surface area contributed by atoms with E-state index in [2.05, 4.69) is 6.07 Å². The molecule has 0 aromatic heterocycles. The molecule has 1 aliphatic carbocycles. The predicted molar refractivity (Wildman–Crippen MR) is 132 cm³/mol. The molecule has 0 radical (unpaired) electrons. The van der Waals surface area contributed by atoms with Crippen LogP contribution in [0.2, 0.25) is 0 Å². The van der Waals surface area contributed by atoms with Crippen LogP contribution in [-0.4, -0.2) is 18.2 Å². The van der Waals surface area contributed by atoms with Crippen molar-refractivity contribution in [1.82, 2.24) is 0 Å². The van der Waals surface area contributed by atoms with Gasteiger partial charge >= 0.3 is 0 Å². The monoisotopic (exact) mass is 470 g/mol. The fourth-order valence-corrected chi connectivity index (χ4v) is 5.91. The Balaban J connectivity index is 1.92. The van der Waals surface area contributed by atoms with Gasteiger partial charge in [-0.3, -0.25) is 14.5 Å². The number of fused-ring (bicyclic) bond motifs is 3. The molecular weight excluding hydrogens is 443 g/mol. The minimum absolute atomic E-state index is 0.0247. The summed E-state index contributed by atoms with van der Waals surface area (Å²) < 4.78 is 15.1. The lowest BCUT2D eigenvalue weighted by molar-refractivity contribution is -0.125. The van der Waals surface area contributed by atoms with E-state index in [0.29, 0.717) is 36.3 Å². The number of carbonyl (C=O) groups excluding carboxylic acids is 2. The van der Waals surface area contributed by atoms with Gasteiger partial charge in [-0.15, -0.1) is 0 Å². The third-order valence-electron chi connectivity index (χ3n) is 7.19. The first-order valence-corrected chi connectivity index (χ1v) is 11.8. The number of amides is 1. The van der Waals surface area contributed by atoms with Gasteiger partial charge < -0.3 is 10.6 Å². The summed E-state index contributed by atoms with van der Waals surface area (Å²) >= 11 is 0. The van der Waals surface area contributed by atoms with Crippen LogP contribution in [0.15, 0.2) is 71.2 Å². The quantitative estimate of drug-likeness (QED) is 0.704. The van der Waals surface area contributed by atoms with Crippen LogP contribution in [0.25, 0.3) is 0 Å². The highest BCUT2D eigenvalue weighted by atomic mass is 19.1. The fourth-order valence-electron chi connectivity index (χ4n) is 5.91. The Bertz CT molecular complexity index is 1380. The van der Waals surface area contributed by atoms with Crippen LogP contribution in [0.1, 0.15) is 45.6 Å². The zero-order chi connectivity index (χ0) is 25.1. The zero-order valence-corrected chi connectivity index (χ0v) is 20.1. The molecule has 6 nitrogen and oxygen atoms in total. The predicted octanol–water partition coefficient (Wildman–Crippen LogP) is 4.68. The molecule has 2 N–H and O–H groups in total. The SMILES string of the molecule is CCCN1C(=O)C2(C(C#N)=C(N)N(c3ccccc3F)C3=C2C(=O)CC(C)(C)C3)c2ccccc21. The van der Waals surface area contributed by atoms with Crippen LogP contribution in [0.5, 0.6) is 0 Å². The molecule has 2 aliphatic heterocycles. The van der Waals surface area contributed by atoms with E-state index in [1.165, 1.54) is 11.0 Å². The summed E-state index contributed by atoms with van der Waals surface area (Å²) in [6.07, 6.45) is 1.30. The Kier molecular flexibility index (Phi) is 5.10. The molecule has 5 rings (SSSR count). The standard InChI is InChI=1S/C28H27FN4O2/c1-4-13-32-20-11-7-5-9-17(20)28(26(32)35)18(16-30)25(31)33(21-12-8-6-10-19(21)29)22-14-27(2,3)15-23(34)24(22)28/h5-12H,4,13-15,31H2,1-3H3. The van der Waals surface area contributed by atoms with Crippen LogP contribution < -0.4 is 15.5 Å². The largest absolute Gasteiger partial charge is 0.384 e. The van der Waals surface area contributed by atoms with Crippen molar-refractivity contribution in [2.24, 2.45) is 11.1 Å². The molecule has 0 fully saturated rings. The summed E-state index contributed by atoms with van der Waals surface area (Å²) in [7, 11) is 0. The highest BCUT2D eigenvalue weighted by Crippen LogP contribution is 2.58. The van der Waals surface area contributed by atoms with Crippen LogP contribution >= 0.6 is 0 Å². The molecule has 1 unspecified atom stereocenters. The molecule has 2 aromatic rings. The Labute approximate surface area is 204 Å². The number of benzene rings is 2. The molecule has 2 heterocycles. The number of ketones is 1. The van der Waals surface area contributed by atoms with Crippen LogP contribution in [-0.2, 0) is 15.0 Å². The van der Waals surface area contributed by atoms with Gasteiger partial charge in [-0.2, -0.15) is 5.26 Å². The van der Waals surface area contributed by atoms with E-state index in [1.54, 1.807) is 35.2 Å². The van der Waals surface area contributed by atoms with Gasteiger partial charge in [0, 0.05) is 35.5 Å². The van der Waals surface area contributed by atoms with Crippen molar-refractivity contribution >= 4 is 23.1 Å². The first-order valence-electron chi connectivity index (χ1n) is 11.8. The van der Waals surface area contributed by atoms with Gasteiger partial charge in [-0.05, 0) is 36.5 Å². The van der Waals surface area contributed by atoms with E-state index < -0.39 is 16.6 Å². The van der Waals surface area contributed by atoms with E-state index >= 15 is 4.39 Å². The number of rotatable bonds is 3. The van der Waals surface area contributed by atoms with E-state index in [4.69, 9.17) is 5.73 Å².